The van der Waals surface area contributed by atoms with Gasteiger partial charge in [0.2, 0.25) is 0 Å². The maximum atomic E-state index is 12.6. The average molecular weight is 343 g/mol. The van der Waals surface area contributed by atoms with Gasteiger partial charge in [-0.05, 0) is 19.1 Å². The number of aromatic amines is 1. The molecule has 0 bridgehead atoms. The van der Waals surface area contributed by atoms with Crippen molar-refractivity contribution in [2.24, 2.45) is 0 Å². The van der Waals surface area contributed by atoms with E-state index in [0.29, 0.717) is 24.7 Å². The zero-order valence-corrected chi connectivity index (χ0v) is 15.4. The third-order valence-corrected chi connectivity index (χ3v) is 3.81. The normalized spacial score (nSPS) is 11.2. The van der Waals surface area contributed by atoms with Crippen LogP contribution in [-0.4, -0.2) is 41.0 Å². The molecule has 1 aromatic carbocycles. The molecular weight excluding hydrogens is 318 g/mol. The van der Waals surface area contributed by atoms with E-state index in [0.717, 1.165) is 5.75 Å². The van der Waals surface area contributed by atoms with Crippen molar-refractivity contribution in [1.82, 2.24) is 14.9 Å². The SMILES string of the molecule is Cc1nc(C(C)(C)C)[nH]c(=O)c1C(=O)N(C)CCOc1ccccc1. The van der Waals surface area contributed by atoms with Crippen molar-refractivity contribution in [3.8, 4) is 5.75 Å². The number of carbonyl (C=O) groups is 1. The quantitative estimate of drug-likeness (QED) is 0.905. The summed E-state index contributed by atoms with van der Waals surface area (Å²) in [7, 11) is 1.65. The van der Waals surface area contributed by atoms with E-state index in [2.05, 4.69) is 9.97 Å². The van der Waals surface area contributed by atoms with Crippen LogP contribution in [0.1, 0.15) is 42.6 Å². The number of aryl methyl sites for hydroxylation is 1. The van der Waals surface area contributed by atoms with Crippen molar-refractivity contribution in [2.75, 3.05) is 20.2 Å². The maximum absolute atomic E-state index is 12.6. The zero-order valence-electron chi connectivity index (χ0n) is 15.4. The summed E-state index contributed by atoms with van der Waals surface area (Å²) < 4.78 is 5.59. The molecule has 0 aliphatic carbocycles. The lowest BCUT2D eigenvalue weighted by atomic mass is 9.95. The van der Waals surface area contributed by atoms with E-state index in [1.165, 1.54) is 4.90 Å². The van der Waals surface area contributed by atoms with Gasteiger partial charge >= 0.3 is 0 Å². The number of hydrogen-bond donors (Lipinski definition) is 1. The van der Waals surface area contributed by atoms with Crippen LogP contribution in [0.25, 0.3) is 0 Å². The molecule has 6 nitrogen and oxygen atoms in total. The number of nitrogens with one attached hydrogen (secondary N) is 1. The molecule has 0 spiro atoms. The van der Waals surface area contributed by atoms with Crippen LogP contribution in [0.2, 0.25) is 0 Å². The van der Waals surface area contributed by atoms with Crippen LogP contribution in [0.4, 0.5) is 0 Å². The first-order chi connectivity index (χ1) is 11.7. The number of aromatic nitrogens is 2. The Balaban J connectivity index is 2.08. The van der Waals surface area contributed by atoms with Crippen molar-refractivity contribution >= 4 is 5.91 Å². The van der Waals surface area contributed by atoms with E-state index in [9.17, 15) is 9.59 Å². The van der Waals surface area contributed by atoms with Gasteiger partial charge in [-0.15, -0.1) is 0 Å². The number of para-hydroxylation sites is 1. The Labute approximate surface area is 147 Å². The summed E-state index contributed by atoms with van der Waals surface area (Å²) in [4.78, 5) is 33.6. The third kappa shape index (κ3) is 4.68. The van der Waals surface area contributed by atoms with E-state index in [-0.39, 0.29) is 16.9 Å². The predicted molar refractivity (Wildman–Crippen MR) is 97.2 cm³/mol. The van der Waals surface area contributed by atoms with Gasteiger partial charge in [-0.3, -0.25) is 9.59 Å². The van der Waals surface area contributed by atoms with Crippen molar-refractivity contribution in [3.05, 3.63) is 57.8 Å². The Morgan fingerprint density at radius 2 is 1.88 bits per heavy atom. The number of hydrogen-bond acceptors (Lipinski definition) is 4. The first-order valence-electron chi connectivity index (χ1n) is 8.25. The van der Waals surface area contributed by atoms with Gasteiger partial charge in [0.15, 0.2) is 0 Å². The molecule has 0 fully saturated rings. The monoisotopic (exact) mass is 343 g/mol. The highest BCUT2D eigenvalue weighted by Gasteiger charge is 2.23. The molecule has 1 aromatic heterocycles. The Kier molecular flexibility index (Phi) is 5.62. The van der Waals surface area contributed by atoms with Crippen LogP contribution in [0.3, 0.4) is 0 Å². The lowest BCUT2D eigenvalue weighted by Crippen LogP contribution is -2.37. The van der Waals surface area contributed by atoms with Crippen molar-refractivity contribution in [2.45, 2.75) is 33.1 Å². The molecule has 0 unspecified atom stereocenters. The molecule has 6 heteroatoms. The summed E-state index contributed by atoms with van der Waals surface area (Å²) >= 11 is 0. The first-order valence-corrected chi connectivity index (χ1v) is 8.25. The molecular formula is C19H25N3O3. The summed E-state index contributed by atoms with van der Waals surface area (Å²) in [5.41, 5.74) is -0.177. The number of ether oxygens (including phenoxy) is 1. The van der Waals surface area contributed by atoms with Crippen LogP contribution in [0.5, 0.6) is 5.75 Å². The van der Waals surface area contributed by atoms with Gasteiger partial charge in [0.25, 0.3) is 11.5 Å². The van der Waals surface area contributed by atoms with Gasteiger partial charge in [-0.2, -0.15) is 0 Å². The summed E-state index contributed by atoms with van der Waals surface area (Å²) in [6.07, 6.45) is 0. The molecule has 2 rings (SSSR count). The molecule has 2 aromatic rings. The van der Waals surface area contributed by atoms with Crippen LogP contribution < -0.4 is 10.3 Å². The van der Waals surface area contributed by atoms with Gasteiger partial charge < -0.3 is 14.6 Å². The summed E-state index contributed by atoms with van der Waals surface area (Å²) in [6.45, 7) is 8.27. The second kappa shape index (κ2) is 7.51. The lowest BCUT2D eigenvalue weighted by molar-refractivity contribution is 0.0770. The van der Waals surface area contributed by atoms with Gasteiger partial charge in [0, 0.05) is 12.5 Å². The van der Waals surface area contributed by atoms with Crippen LogP contribution in [-0.2, 0) is 5.41 Å². The Morgan fingerprint density at radius 1 is 1.24 bits per heavy atom. The zero-order chi connectivity index (χ0) is 18.6. The van der Waals surface area contributed by atoms with E-state index in [4.69, 9.17) is 4.74 Å². The molecule has 0 saturated carbocycles. The first kappa shape index (κ1) is 18.7. The second-order valence-corrected chi connectivity index (χ2v) is 7.01. The van der Waals surface area contributed by atoms with Crippen molar-refractivity contribution < 1.29 is 9.53 Å². The highest BCUT2D eigenvalue weighted by atomic mass is 16.5. The minimum absolute atomic E-state index is 0.0789. The van der Waals surface area contributed by atoms with Gasteiger partial charge in [0.05, 0.1) is 12.2 Å². The van der Waals surface area contributed by atoms with E-state index >= 15 is 0 Å². The molecule has 0 aliphatic rings. The number of benzene rings is 1. The fraction of sp³-hybridized carbons (Fsp3) is 0.421. The molecule has 0 saturated heterocycles. The summed E-state index contributed by atoms with van der Waals surface area (Å²) in [5.74, 6) is 0.957. The Hall–Kier alpha value is -2.63. The van der Waals surface area contributed by atoms with Gasteiger partial charge in [0.1, 0.15) is 23.7 Å². The van der Waals surface area contributed by atoms with E-state index in [1.807, 2.05) is 51.1 Å². The second-order valence-electron chi connectivity index (χ2n) is 7.01. The van der Waals surface area contributed by atoms with Gasteiger partial charge in [-0.25, -0.2) is 4.98 Å². The molecule has 1 amide bonds. The number of amides is 1. The summed E-state index contributed by atoms with van der Waals surface area (Å²) in [5, 5.41) is 0. The maximum Gasteiger partial charge on any atom is 0.264 e. The van der Waals surface area contributed by atoms with Crippen LogP contribution in [0.15, 0.2) is 35.1 Å². The molecule has 0 radical (unpaired) electrons. The number of carbonyl (C=O) groups excluding carboxylic acids is 1. The summed E-state index contributed by atoms with van der Waals surface area (Å²) in [6, 6.07) is 9.38. The number of nitrogens with zero attached hydrogens (tertiary/aromatic N) is 2. The molecule has 0 atom stereocenters. The van der Waals surface area contributed by atoms with Crippen LogP contribution in [0, 0.1) is 6.92 Å². The predicted octanol–water partition coefficient (Wildman–Crippen LogP) is 2.53. The van der Waals surface area contributed by atoms with Gasteiger partial charge in [-0.1, -0.05) is 39.0 Å². The topological polar surface area (TPSA) is 75.3 Å². The number of H-pyrrole nitrogens is 1. The third-order valence-electron chi connectivity index (χ3n) is 3.81. The Morgan fingerprint density at radius 3 is 2.44 bits per heavy atom. The largest absolute Gasteiger partial charge is 0.492 e. The Bertz CT molecular complexity index is 792. The fourth-order valence-electron chi connectivity index (χ4n) is 2.30. The van der Waals surface area contributed by atoms with Crippen molar-refractivity contribution in [3.63, 3.8) is 0 Å². The average Bonchev–Trinajstić information content (AvgIpc) is 2.54. The van der Waals surface area contributed by atoms with Crippen molar-refractivity contribution in [1.29, 1.82) is 0 Å². The highest BCUT2D eigenvalue weighted by Crippen LogP contribution is 2.17. The lowest BCUT2D eigenvalue weighted by Gasteiger charge is -2.20. The fourth-order valence-corrected chi connectivity index (χ4v) is 2.30. The number of likely N-dealkylation sites (N-methyl/N-ethyl adjacent to an activating group) is 1. The van der Waals surface area contributed by atoms with E-state index < -0.39 is 5.56 Å². The van der Waals surface area contributed by atoms with Crippen LogP contribution >= 0.6 is 0 Å². The standard InChI is InChI=1S/C19H25N3O3/c1-13-15(16(23)21-18(20-13)19(2,3)4)17(24)22(5)11-12-25-14-9-7-6-8-10-14/h6-10H,11-12H2,1-5H3,(H,20,21,23). The van der Waals surface area contributed by atoms with E-state index in [1.54, 1.807) is 14.0 Å². The minimum atomic E-state index is -0.404. The molecule has 0 aliphatic heterocycles. The molecule has 134 valence electrons. The molecule has 25 heavy (non-hydrogen) atoms. The highest BCUT2D eigenvalue weighted by molar-refractivity contribution is 5.94. The molecule has 1 N–H and O–H groups in total. The smallest absolute Gasteiger partial charge is 0.264 e. The molecule has 1 heterocycles. The minimum Gasteiger partial charge on any atom is -0.492 e. The number of rotatable bonds is 5.